The van der Waals surface area contributed by atoms with Gasteiger partial charge in [-0.05, 0) is 26.3 Å². The molecule has 1 saturated heterocycles. The molecule has 3 heterocycles. The number of amides is 2. The standard InChI is InChI=1S/C18H26N6O4/c1-5-18(2,3)21-17(26)28-11-8-14(27-10-11)12-9-15(23-22-12)20-16(25)13-6-7-19-24(13)4/h6-7,9,11,14H,5,8,10H2,1-4H3,(H,21,26)(H2,20,22,23,25)/t11-,14-/m1/s1. The molecule has 2 amide bonds. The van der Waals surface area contributed by atoms with Crippen LogP contribution in [-0.2, 0) is 16.5 Å². The summed E-state index contributed by atoms with van der Waals surface area (Å²) in [6.07, 6.45) is 1.79. The van der Waals surface area contributed by atoms with Crippen molar-refractivity contribution in [3.05, 3.63) is 29.7 Å². The average molecular weight is 390 g/mol. The highest BCUT2D eigenvalue weighted by Crippen LogP contribution is 2.30. The molecule has 0 bridgehead atoms. The molecule has 1 fully saturated rings. The molecule has 10 nitrogen and oxygen atoms in total. The molecule has 0 radical (unpaired) electrons. The van der Waals surface area contributed by atoms with E-state index < -0.39 is 6.09 Å². The van der Waals surface area contributed by atoms with Crippen molar-refractivity contribution >= 4 is 17.8 Å². The van der Waals surface area contributed by atoms with Gasteiger partial charge in [-0.1, -0.05) is 6.92 Å². The van der Waals surface area contributed by atoms with Gasteiger partial charge in [-0.15, -0.1) is 0 Å². The number of carbonyl (C=O) groups is 2. The molecule has 2 aromatic rings. The minimum atomic E-state index is -0.449. The van der Waals surface area contributed by atoms with Crippen LogP contribution >= 0.6 is 0 Å². The SMILES string of the molecule is CCC(C)(C)NC(=O)O[C@H]1CO[C@@H](c2cc(NC(=O)c3ccnn3C)n[nH]2)C1. The van der Waals surface area contributed by atoms with E-state index in [2.05, 4.69) is 25.9 Å². The Morgan fingerprint density at radius 3 is 2.93 bits per heavy atom. The zero-order valence-corrected chi connectivity index (χ0v) is 16.5. The number of nitrogens with one attached hydrogen (secondary N) is 3. The van der Waals surface area contributed by atoms with Crippen LogP contribution in [0, 0.1) is 0 Å². The van der Waals surface area contributed by atoms with Gasteiger partial charge in [-0.3, -0.25) is 14.6 Å². The molecule has 1 aliphatic heterocycles. The molecule has 0 saturated carbocycles. The number of carbonyl (C=O) groups excluding carboxylic acids is 2. The second-order valence-electron chi connectivity index (χ2n) is 7.45. The number of rotatable bonds is 6. The second kappa shape index (κ2) is 8.01. The van der Waals surface area contributed by atoms with E-state index in [1.54, 1.807) is 25.4 Å². The zero-order valence-electron chi connectivity index (χ0n) is 16.5. The van der Waals surface area contributed by atoms with E-state index >= 15 is 0 Å². The highest BCUT2D eigenvalue weighted by Gasteiger charge is 2.32. The Hall–Kier alpha value is -2.88. The van der Waals surface area contributed by atoms with E-state index in [1.165, 1.54) is 4.68 Å². The number of anilines is 1. The van der Waals surface area contributed by atoms with Gasteiger partial charge in [0, 0.05) is 31.3 Å². The van der Waals surface area contributed by atoms with Crippen molar-refractivity contribution in [1.29, 1.82) is 0 Å². The van der Waals surface area contributed by atoms with Crippen LogP contribution in [0.5, 0.6) is 0 Å². The van der Waals surface area contributed by atoms with E-state index in [1.807, 2.05) is 20.8 Å². The first-order valence-electron chi connectivity index (χ1n) is 9.22. The van der Waals surface area contributed by atoms with Crippen LogP contribution in [0.4, 0.5) is 10.6 Å². The first-order valence-corrected chi connectivity index (χ1v) is 9.22. The maximum absolute atomic E-state index is 12.2. The summed E-state index contributed by atoms with van der Waals surface area (Å²) >= 11 is 0. The number of alkyl carbamates (subject to hydrolysis) is 1. The van der Waals surface area contributed by atoms with Gasteiger partial charge in [0.15, 0.2) is 5.82 Å². The summed E-state index contributed by atoms with van der Waals surface area (Å²) < 4.78 is 12.6. The smallest absolute Gasteiger partial charge is 0.407 e. The molecule has 10 heteroatoms. The lowest BCUT2D eigenvalue weighted by molar-refractivity contribution is 0.0654. The molecule has 152 valence electrons. The molecule has 3 rings (SSSR count). The lowest BCUT2D eigenvalue weighted by Crippen LogP contribution is -2.44. The summed E-state index contributed by atoms with van der Waals surface area (Å²) in [7, 11) is 1.69. The zero-order chi connectivity index (χ0) is 20.3. The Morgan fingerprint density at radius 2 is 2.25 bits per heavy atom. The van der Waals surface area contributed by atoms with Gasteiger partial charge in [0.05, 0.1) is 12.3 Å². The molecule has 0 unspecified atom stereocenters. The molecule has 28 heavy (non-hydrogen) atoms. The van der Waals surface area contributed by atoms with Gasteiger partial charge in [0.25, 0.3) is 5.91 Å². The summed E-state index contributed by atoms with van der Waals surface area (Å²) in [5.41, 5.74) is 0.817. The molecule has 2 atom stereocenters. The number of aromatic amines is 1. The third-order valence-corrected chi connectivity index (χ3v) is 4.80. The third-order valence-electron chi connectivity index (χ3n) is 4.80. The van der Waals surface area contributed by atoms with Crippen molar-refractivity contribution in [2.24, 2.45) is 7.05 Å². The van der Waals surface area contributed by atoms with Crippen molar-refractivity contribution in [2.75, 3.05) is 11.9 Å². The fraction of sp³-hybridized carbons (Fsp3) is 0.556. The monoisotopic (exact) mass is 390 g/mol. The fourth-order valence-electron chi connectivity index (χ4n) is 2.79. The first-order chi connectivity index (χ1) is 13.3. The molecular formula is C18H26N6O4. The van der Waals surface area contributed by atoms with Crippen LogP contribution in [0.15, 0.2) is 18.3 Å². The first kappa shape index (κ1) is 19.9. The Bertz CT molecular complexity index is 843. The van der Waals surface area contributed by atoms with Crippen LogP contribution in [0.2, 0.25) is 0 Å². The second-order valence-corrected chi connectivity index (χ2v) is 7.45. The van der Waals surface area contributed by atoms with Crippen molar-refractivity contribution < 1.29 is 19.1 Å². The molecule has 0 spiro atoms. The minimum Gasteiger partial charge on any atom is -0.444 e. The Morgan fingerprint density at radius 1 is 1.46 bits per heavy atom. The van der Waals surface area contributed by atoms with Crippen molar-refractivity contribution in [3.63, 3.8) is 0 Å². The van der Waals surface area contributed by atoms with Crippen molar-refractivity contribution in [3.8, 4) is 0 Å². The Balaban J connectivity index is 1.53. The van der Waals surface area contributed by atoms with Gasteiger partial charge in [-0.25, -0.2) is 4.79 Å². The van der Waals surface area contributed by atoms with Gasteiger partial charge in [0.1, 0.15) is 17.9 Å². The maximum atomic E-state index is 12.2. The van der Waals surface area contributed by atoms with E-state index in [9.17, 15) is 9.59 Å². The summed E-state index contributed by atoms with van der Waals surface area (Å²) in [6, 6.07) is 3.33. The molecule has 3 N–H and O–H groups in total. The van der Waals surface area contributed by atoms with Crippen LogP contribution in [0.25, 0.3) is 0 Å². The average Bonchev–Trinajstić information content (AvgIpc) is 3.35. The molecule has 0 aromatic carbocycles. The van der Waals surface area contributed by atoms with Crippen LogP contribution in [0.1, 0.15) is 55.9 Å². The number of nitrogens with zero attached hydrogens (tertiary/aromatic N) is 3. The Labute approximate surface area is 163 Å². The van der Waals surface area contributed by atoms with Gasteiger partial charge in [0.2, 0.25) is 0 Å². The quantitative estimate of drug-likeness (QED) is 0.694. The van der Waals surface area contributed by atoms with Gasteiger partial charge < -0.3 is 20.1 Å². The lowest BCUT2D eigenvalue weighted by Gasteiger charge is -2.24. The maximum Gasteiger partial charge on any atom is 0.407 e. The number of aryl methyl sites for hydroxylation is 1. The predicted molar refractivity (Wildman–Crippen MR) is 101 cm³/mol. The number of ether oxygens (including phenoxy) is 2. The van der Waals surface area contributed by atoms with Crippen molar-refractivity contribution in [2.45, 2.75) is 51.4 Å². The number of H-pyrrole nitrogens is 1. The van der Waals surface area contributed by atoms with Crippen LogP contribution < -0.4 is 10.6 Å². The minimum absolute atomic E-state index is 0.285. The summed E-state index contributed by atoms with van der Waals surface area (Å²) in [4.78, 5) is 24.2. The summed E-state index contributed by atoms with van der Waals surface area (Å²) in [5.74, 6) is 0.0819. The van der Waals surface area contributed by atoms with E-state index in [4.69, 9.17) is 9.47 Å². The summed E-state index contributed by atoms with van der Waals surface area (Å²) in [5, 5.41) is 16.5. The third kappa shape index (κ3) is 4.69. The van der Waals surface area contributed by atoms with E-state index in [-0.39, 0.29) is 23.7 Å². The molecular weight excluding hydrogens is 364 g/mol. The van der Waals surface area contributed by atoms with Crippen LogP contribution in [0.3, 0.4) is 0 Å². The number of hydrogen-bond donors (Lipinski definition) is 3. The van der Waals surface area contributed by atoms with Crippen molar-refractivity contribution in [1.82, 2.24) is 25.3 Å². The molecule has 2 aromatic heterocycles. The van der Waals surface area contributed by atoms with E-state index in [0.29, 0.717) is 30.2 Å². The summed E-state index contributed by atoms with van der Waals surface area (Å²) in [6.45, 7) is 6.18. The predicted octanol–water partition coefficient (Wildman–Crippen LogP) is 2.14. The Kier molecular flexibility index (Phi) is 5.68. The molecule has 0 aliphatic carbocycles. The van der Waals surface area contributed by atoms with Crippen LogP contribution in [-0.4, -0.2) is 50.2 Å². The highest BCUT2D eigenvalue weighted by molar-refractivity contribution is 6.02. The van der Waals surface area contributed by atoms with Gasteiger partial charge in [-0.2, -0.15) is 10.2 Å². The largest absolute Gasteiger partial charge is 0.444 e. The fourth-order valence-corrected chi connectivity index (χ4v) is 2.79. The number of aromatic nitrogens is 4. The lowest BCUT2D eigenvalue weighted by atomic mass is 10.0. The van der Waals surface area contributed by atoms with Gasteiger partial charge >= 0.3 is 6.09 Å². The normalized spacial score (nSPS) is 19.4. The topological polar surface area (TPSA) is 123 Å². The highest BCUT2D eigenvalue weighted by atomic mass is 16.6. The number of hydrogen-bond acceptors (Lipinski definition) is 6. The molecule has 1 aliphatic rings. The van der Waals surface area contributed by atoms with E-state index in [0.717, 1.165) is 6.42 Å².